The largest absolute Gasteiger partial charge is 0.287 e. The van der Waals surface area contributed by atoms with Crippen molar-refractivity contribution in [2.24, 2.45) is 0 Å². The van der Waals surface area contributed by atoms with Crippen molar-refractivity contribution in [3.63, 3.8) is 0 Å². The molecule has 0 aliphatic carbocycles. The van der Waals surface area contributed by atoms with Crippen molar-refractivity contribution in [3.05, 3.63) is 0 Å². The standard InChI is InChI=1S/C21H42OS/c1-4-7-8-9-10-11-12-13-14-15-16-17-18-19-20(5-2)23-21(22)6-3/h20H,4-19H2,1-3H3. The number of carbonyl (C=O) groups excluding carboxylic acids is 1. The molecular weight excluding hydrogens is 300 g/mol. The maximum atomic E-state index is 11.5. The van der Waals surface area contributed by atoms with Gasteiger partial charge in [0.2, 0.25) is 0 Å². The predicted octanol–water partition coefficient (Wildman–Crippen LogP) is 7.92. The highest BCUT2D eigenvalue weighted by Crippen LogP contribution is 2.23. The number of hydrogen-bond acceptors (Lipinski definition) is 2. The van der Waals surface area contributed by atoms with E-state index in [4.69, 9.17) is 0 Å². The molecular formula is C21H42OS. The average molecular weight is 343 g/mol. The van der Waals surface area contributed by atoms with E-state index in [0.29, 0.717) is 16.8 Å². The van der Waals surface area contributed by atoms with Gasteiger partial charge in [-0.05, 0) is 12.8 Å². The van der Waals surface area contributed by atoms with Crippen molar-refractivity contribution >= 4 is 16.9 Å². The molecule has 138 valence electrons. The molecule has 0 heterocycles. The Kier molecular flexibility index (Phi) is 18.4. The zero-order chi connectivity index (χ0) is 17.2. The molecule has 0 aromatic carbocycles. The van der Waals surface area contributed by atoms with Crippen LogP contribution in [0.1, 0.15) is 124 Å². The van der Waals surface area contributed by atoms with Crippen LogP contribution in [0.25, 0.3) is 0 Å². The summed E-state index contributed by atoms with van der Waals surface area (Å²) < 4.78 is 0. The van der Waals surface area contributed by atoms with E-state index in [-0.39, 0.29) is 0 Å². The van der Waals surface area contributed by atoms with Crippen molar-refractivity contribution in [1.29, 1.82) is 0 Å². The summed E-state index contributed by atoms with van der Waals surface area (Å²) >= 11 is 1.59. The summed E-state index contributed by atoms with van der Waals surface area (Å²) in [5.74, 6) is 0. The third-order valence-corrected chi connectivity index (χ3v) is 6.13. The van der Waals surface area contributed by atoms with Gasteiger partial charge in [0, 0.05) is 11.7 Å². The Hall–Kier alpha value is 0.0200. The first-order chi connectivity index (χ1) is 11.2. The van der Waals surface area contributed by atoms with Crippen molar-refractivity contribution < 1.29 is 4.79 Å². The minimum absolute atomic E-state index is 0.367. The molecule has 0 aromatic heterocycles. The molecule has 1 nitrogen and oxygen atoms in total. The van der Waals surface area contributed by atoms with Crippen LogP contribution in [0, 0.1) is 0 Å². The molecule has 1 unspecified atom stereocenters. The van der Waals surface area contributed by atoms with Crippen molar-refractivity contribution in [1.82, 2.24) is 0 Å². The Morgan fingerprint density at radius 2 is 1.13 bits per heavy atom. The summed E-state index contributed by atoms with van der Waals surface area (Å²) in [7, 11) is 0. The highest BCUT2D eigenvalue weighted by atomic mass is 32.2. The molecule has 0 rings (SSSR count). The fraction of sp³-hybridized carbons (Fsp3) is 0.952. The summed E-state index contributed by atoms with van der Waals surface area (Å²) in [5, 5.41) is 0.932. The van der Waals surface area contributed by atoms with Crippen LogP contribution < -0.4 is 0 Å². The second kappa shape index (κ2) is 18.4. The van der Waals surface area contributed by atoms with Crippen molar-refractivity contribution in [3.8, 4) is 0 Å². The van der Waals surface area contributed by atoms with Crippen molar-refractivity contribution in [2.75, 3.05) is 0 Å². The van der Waals surface area contributed by atoms with E-state index in [2.05, 4.69) is 13.8 Å². The van der Waals surface area contributed by atoms with Gasteiger partial charge in [0.05, 0.1) is 0 Å². The Balaban J connectivity index is 3.24. The summed E-state index contributed by atoms with van der Waals surface area (Å²) in [5.41, 5.74) is 0. The minimum atomic E-state index is 0.367. The summed E-state index contributed by atoms with van der Waals surface area (Å²) in [6.07, 6.45) is 21.4. The third kappa shape index (κ3) is 16.7. The summed E-state index contributed by atoms with van der Waals surface area (Å²) in [4.78, 5) is 11.5. The lowest BCUT2D eigenvalue weighted by Crippen LogP contribution is -2.05. The van der Waals surface area contributed by atoms with Crippen LogP contribution in [-0.2, 0) is 4.79 Å². The molecule has 0 radical (unpaired) electrons. The van der Waals surface area contributed by atoms with Gasteiger partial charge < -0.3 is 0 Å². The molecule has 0 aromatic rings. The maximum absolute atomic E-state index is 11.5. The van der Waals surface area contributed by atoms with E-state index >= 15 is 0 Å². The molecule has 0 saturated heterocycles. The van der Waals surface area contributed by atoms with Gasteiger partial charge >= 0.3 is 0 Å². The summed E-state index contributed by atoms with van der Waals surface area (Å²) in [6, 6.07) is 0. The molecule has 23 heavy (non-hydrogen) atoms. The zero-order valence-corrected chi connectivity index (χ0v) is 17.0. The van der Waals surface area contributed by atoms with Crippen LogP contribution in [0.15, 0.2) is 0 Å². The number of thioether (sulfide) groups is 1. The Morgan fingerprint density at radius 1 is 0.696 bits per heavy atom. The van der Waals surface area contributed by atoms with E-state index in [9.17, 15) is 4.79 Å². The van der Waals surface area contributed by atoms with E-state index in [1.54, 1.807) is 11.8 Å². The lowest BCUT2D eigenvalue weighted by atomic mass is 10.0. The first-order valence-corrected chi connectivity index (χ1v) is 11.3. The van der Waals surface area contributed by atoms with Gasteiger partial charge in [-0.1, -0.05) is 116 Å². The molecule has 0 fully saturated rings. The first-order valence-electron chi connectivity index (χ1n) is 10.4. The Bertz CT molecular complexity index is 252. The highest BCUT2D eigenvalue weighted by molar-refractivity contribution is 8.14. The van der Waals surface area contributed by atoms with E-state index < -0.39 is 0 Å². The van der Waals surface area contributed by atoms with Crippen LogP contribution in [0.3, 0.4) is 0 Å². The fourth-order valence-electron chi connectivity index (χ4n) is 3.01. The van der Waals surface area contributed by atoms with Gasteiger partial charge in [-0.2, -0.15) is 0 Å². The van der Waals surface area contributed by atoms with E-state index in [1.807, 2.05) is 6.92 Å². The number of rotatable bonds is 17. The van der Waals surface area contributed by atoms with Gasteiger partial charge in [-0.15, -0.1) is 0 Å². The normalized spacial score (nSPS) is 12.5. The van der Waals surface area contributed by atoms with Gasteiger partial charge in [-0.25, -0.2) is 0 Å². The van der Waals surface area contributed by atoms with Crippen LogP contribution in [-0.4, -0.2) is 10.4 Å². The molecule has 0 saturated carbocycles. The molecule has 0 bridgehead atoms. The molecule has 2 heteroatoms. The molecule has 0 N–H and O–H groups in total. The van der Waals surface area contributed by atoms with Crippen molar-refractivity contribution in [2.45, 2.75) is 129 Å². The Labute approximate surface area is 150 Å². The molecule has 0 aliphatic rings. The highest BCUT2D eigenvalue weighted by Gasteiger charge is 2.10. The molecule has 1 atom stereocenters. The Morgan fingerprint density at radius 3 is 1.52 bits per heavy atom. The van der Waals surface area contributed by atoms with Gasteiger partial charge in [0.1, 0.15) is 0 Å². The predicted molar refractivity (Wildman–Crippen MR) is 107 cm³/mol. The van der Waals surface area contributed by atoms with Crippen LogP contribution >= 0.6 is 11.8 Å². The average Bonchev–Trinajstić information content (AvgIpc) is 2.57. The SMILES string of the molecule is CCCCCCCCCCCCCCCC(CC)SC(=O)CC. The molecule has 0 aliphatic heterocycles. The summed E-state index contributed by atoms with van der Waals surface area (Å²) in [6.45, 7) is 6.46. The fourth-order valence-corrected chi connectivity index (χ4v) is 4.00. The second-order valence-electron chi connectivity index (χ2n) is 6.90. The minimum Gasteiger partial charge on any atom is -0.287 e. The topological polar surface area (TPSA) is 17.1 Å². The van der Waals surface area contributed by atoms with E-state index in [0.717, 1.165) is 6.42 Å². The molecule has 0 amide bonds. The number of carbonyl (C=O) groups is 1. The van der Waals surface area contributed by atoms with Crippen LogP contribution in [0.5, 0.6) is 0 Å². The lowest BCUT2D eigenvalue weighted by molar-refractivity contribution is -0.110. The van der Waals surface area contributed by atoms with E-state index in [1.165, 1.54) is 89.9 Å². The molecule has 0 spiro atoms. The monoisotopic (exact) mass is 342 g/mol. The number of hydrogen-bond donors (Lipinski definition) is 0. The van der Waals surface area contributed by atoms with Gasteiger partial charge in [-0.3, -0.25) is 4.79 Å². The third-order valence-electron chi connectivity index (χ3n) is 4.67. The first kappa shape index (κ1) is 23.0. The maximum Gasteiger partial charge on any atom is 0.188 e. The quantitative estimate of drug-likeness (QED) is 0.250. The van der Waals surface area contributed by atoms with Gasteiger partial charge in [0.15, 0.2) is 5.12 Å². The lowest BCUT2D eigenvalue weighted by Gasteiger charge is -2.12. The van der Waals surface area contributed by atoms with Crippen LogP contribution in [0.4, 0.5) is 0 Å². The van der Waals surface area contributed by atoms with Gasteiger partial charge in [0.25, 0.3) is 0 Å². The van der Waals surface area contributed by atoms with Crippen LogP contribution in [0.2, 0.25) is 0 Å². The zero-order valence-electron chi connectivity index (χ0n) is 16.2. The second-order valence-corrected chi connectivity index (χ2v) is 8.26. The number of unbranched alkanes of at least 4 members (excludes halogenated alkanes) is 12. The smallest absolute Gasteiger partial charge is 0.188 e.